The van der Waals surface area contributed by atoms with Gasteiger partial charge in [0.25, 0.3) is 0 Å². The van der Waals surface area contributed by atoms with Gasteiger partial charge in [0, 0.05) is 24.8 Å². The molecule has 0 aromatic heterocycles. The van der Waals surface area contributed by atoms with Crippen molar-refractivity contribution in [3.8, 4) is 0 Å². The summed E-state index contributed by atoms with van der Waals surface area (Å²) in [5, 5.41) is 2.60. The Kier molecular flexibility index (Phi) is 4.70. The number of halogens is 2. The van der Waals surface area contributed by atoms with Crippen molar-refractivity contribution in [1.29, 1.82) is 0 Å². The minimum absolute atomic E-state index is 0.197. The SMILES string of the molecule is C[C@@H]1C[C@H](C)CN(CC(=O)Nc2ccc(F)c(F)c2)C1. The number of carbonyl (C=O) groups excluding carboxylic acids is 1. The number of piperidine rings is 1. The fourth-order valence-electron chi connectivity index (χ4n) is 2.90. The molecule has 1 saturated heterocycles. The Hall–Kier alpha value is -1.49. The zero-order valence-corrected chi connectivity index (χ0v) is 11.8. The van der Waals surface area contributed by atoms with Crippen LogP contribution < -0.4 is 5.32 Å². The lowest BCUT2D eigenvalue weighted by Crippen LogP contribution is -2.42. The van der Waals surface area contributed by atoms with Gasteiger partial charge in [0.1, 0.15) is 0 Å². The average Bonchev–Trinajstić information content (AvgIpc) is 2.32. The quantitative estimate of drug-likeness (QED) is 0.924. The average molecular weight is 282 g/mol. The summed E-state index contributed by atoms with van der Waals surface area (Å²) in [7, 11) is 0. The summed E-state index contributed by atoms with van der Waals surface area (Å²) in [5.41, 5.74) is 0.284. The highest BCUT2D eigenvalue weighted by atomic mass is 19.2. The summed E-state index contributed by atoms with van der Waals surface area (Å²) >= 11 is 0. The Morgan fingerprint density at radius 2 is 1.90 bits per heavy atom. The van der Waals surface area contributed by atoms with E-state index in [0.29, 0.717) is 11.8 Å². The summed E-state index contributed by atoms with van der Waals surface area (Å²) in [4.78, 5) is 14.0. The van der Waals surface area contributed by atoms with Crippen LogP contribution in [0.4, 0.5) is 14.5 Å². The molecule has 1 amide bonds. The van der Waals surface area contributed by atoms with Crippen LogP contribution in [0.1, 0.15) is 20.3 Å². The van der Waals surface area contributed by atoms with Crippen LogP contribution in [0.5, 0.6) is 0 Å². The van der Waals surface area contributed by atoms with E-state index in [4.69, 9.17) is 0 Å². The molecule has 2 atom stereocenters. The molecule has 1 N–H and O–H groups in total. The molecule has 0 saturated carbocycles. The molecule has 2 rings (SSSR count). The first-order valence-electron chi connectivity index (χ1n) is 6.91. The Labute approximate surface area is 118 Å². The maximum Gasteiger partial charge on any atom is 0.238 e. The minimum Gasteiger partial charge on any atom is -0.325 e. The van der Waals surface area contributed by atoms with Crippen molar-refractivity contribution in [2.75, 3.05) is 25.0 Å². The van der Waals surface area contributed by atoms with Crippen LogP contribution in [0, 0.1) is 23.5 Å². The summed E-state index contributed by atoms with van der Waals surface area (Å²) in [5.74, 6) is -0.911. The molecular weight excluding hydrogens is 262 g/mol. The van der Waals surface area contributed by atoms with E-state index in [0.717, 1.165) is 25.2 Å². The number of hydrogen-bond acceptors (Lipinski definition) is 2. The van der Waals surface area contributed by atoms with Crippen molar-refractivity contribution in [2.45, 2.75) is 20.3 Å². The van der Waals surface area contributed by atoms with Gasteiger partial charge in [-0.3, -0.25) is 9.69 Å². The van der Waals surface area contributed by atoms with Crippen molar-refractivity contribution in [3.63, 3.8) is 0 Å². The molecule has 5 heteroatoms. The van der Waals surface area contributed by atoms with Gasteiger partial charge in [0.2, 0.25) is 5.91 Å². The van der Waals surface area contributed by atoms with Crippen LogP contribution in [0.2, 0.25) is 0 Å². The Morgan fingerprint density at radius 1 is 1.25 bits per heavy atom. The molecule has 0 unspecified atom stereocenters. The number of anilines is 1. The fraction of sp³-hybridized carbons (Fsp3) is 0.533. The van der Waals surface area contributed by atoms with Gasteiger partial charge < -0.3 is 5.32 Å². The third-order valence-electron chi connectivity index (χ3n) is 3.52. The number of hydrogen-bond donors (Lipinski definition) is 1. The normalized spacial score (nSPS) is 23.6. The van der Waals surface area contributed by atoms with Crippen molar-refractivity contribution in [3.05, 3.63) is 29.8 Å². The molecule has 1 aromatic rings. The largest absolute Gasteiger partial charge is 0.325 e. The number of nitrogens with one attached hydrogen (secondary N) is 1. The van der Waals surface area contributed by atoms with E-state index in [9.17, 15) is 13.6 Å². The van der Waals surface area contributed by atoms with Crippen LogP contribution in [0.25, 0.3) is 0 Å². The van der Waals surface area contributed by atoms with E-state index >= 15 is 0 Å². The van der Waals surface area contributed by atoms with Crippen LogP contribution in [-0.2, 0) is 4.79 Å². The first-order valence-corrected chi connectivity index (χ1v) is 6.91. The van der Waals surface area contributed by atoms with E-state index in [-0.39, 0.29) is 18.1 Å². The Bertz CT molecular complexity index is 483. The Morgan fingerprint density at radius 3 is 2.50 bits per heavy atom. The molecule has 3 nitrogen and oxygen atoms in total. The van der Waals surface area contributed by atoms with Crippen LogP contribution in [-0.4, -0.2) is 30.4 Å². The molecule has 20 heavy (non-hydrogen) atoms. The topological polar surface area (TPSA) is 32.3 Å². The summed E-state index contributed by atoms with van der Waals surface area (Å²) in [6.45, 7) is 6.44. The number of rotatable bonds is 3. The molecule has 1 aliphatic heterocycles. The number of nitrogens with zero attached hydrogens (tertiary/aromatic N) is 1. The number of carbonyl (C=O) groups is 1. The monoisotopic (exact) mass is 282 g/mol. The minimum atomic E-state index is -0.956. The first kappa shape index (κ1) is 14.9. The standard InChI is InChI=1S/C15H20F2N2O/c1-10-5-11(2)8-19(7-10)9-15(20)18-12-3-4-13(16)14(17)6-12/h3-4,6,10-11H,5,7-9H2,1-2H3,(H,18,20)/t10-,11+. The van der Waals surface area contributed by atoms with Crippen LogP contribution in [0.3, 0.4) is 0 Å². The van der Waals surface area contributed by atoms with Gasteiger partial charge in [0.05, 0.1) is 6.54 Å². The zero-order chi connectivity index (χ0) is 14.7. The third kappa shape index (κ3) is 4.00. The maximum absolute atomic E-state index is 13.1. The highest BCUT2D eigenvalue weighted by Crippen LogP contribution is 2.20. The lowest BCUT2D eigenvalue weighted by atomic mass is 9.92. The van der Waals surface area contributed by atoms with Gasteiger partial charge in [-0.2, -0.15) is 0 Å². The van der Waals surface area contributed by atoms with Crippen LogP contribution in [0.15, 0.2) is 18.2 Å². The molecule has 0 spiro atoms. The summed E-state index contributed by atoms with van der Waals surface area (Å²) < 4.78 is 25.9. The van der Waals surface area contributed by atoms with E-state index in [1.165, 1.54) is 12.5 Å². The molecule has 0 aliphatic carbocycles. The fourth-order valence-corrected chi connectivity index (χ4v) is 2.90. The molecule has 110 valence electrons. The van der Waals surface area contributed by atoms with Gasteiger partial charge in [0.15, 0.2) is 11.6 Å². The number of amides is 1. The van der Waals surface area contributed by atoms with E-state index in [1.807, 2.05) is 0 Å². The molecule has 0 radical (unpaired) electrons. The molecule has 1 aliphatic rings. The van der Waals surface area contributed by atoms with Gasteiger partial charge in [-0.15, -0.1) is 0 Å². The van der Waals surface area contributed by atoms with Crippen molar-refractivity contribution in [1.82, 2.24) is 4.90 Å². The number of likely N-dealkylation sites (tertiary alicyclic amines) is 1. The molecule has 1 aromatic carbocycles. The van der Waals surface area contributed by atoms with Crippen molar-refractivity contribution in [2.24, 2.45) is 11.8 Å². The van der Waals surface area contributed by atoms with Crippen molar-refractivity contribution < 1.29 is 13.6 Å². The maximum atomic E-state index is 13.1. The highest BCUT2D eigenvalue weighted by Gasteiger charge is 2.23. The van der Waals surface area contributed by atoms with Crippen molar-refractivity contribution >= 4 is 11.6 Å². The summed E-state index contributed by atoms with van der Waals surface area (Å²) in [6.07, 6.45) is 1.18. The Balaban J connectivity index is 1.90. The van der Waals surface area contributed by atoms with Crippen LogP contribution >= 0.6 is 0 Å². The lowest BCUT2D eigenvalue weighted by molar-refractivity contribution is -0.117. The second-order valence-electron chi connectivity index (χ2n) is 5.82. The van der Waals surface area contributed by atoms with E-state index < -0.39 is 11.6 Å². The predicted molar refractivity (Wildman–Crippen MR) is 74.4 cm³/mol. The second-order valence-corrected chi connectivity index (χ2v) is 5.82. The molecule has 1 fully saturated rings. The van der Waals surface area contributed by atoms with Gasteiger partial charge >= 0.3 is 0 Å². The lowest BCUT2D eigenvalue weighted by Gasteiger charge is -2.34. The van der Waals surface area contributed by atoms with E-state index in [1.54, 1.807) is 0 Å². The zero-order valence-electron chi connectivity index (χ0n) is 11.8. The third-order valence-corrected chi connectivity index (χ3v) is 3.52. The summed E-state index contributed by atoms with van der Waals surface area (Å²) in [6, 6.07) is 3.36. The van der Waals surface area contributed by atoms with Gasteiger partial charge in [-0.05, 0) is 30.4 Å². The smallest absolute Gasteiger partial charge is 0.238 e. The predicted octanol–water partition coefficient (Wildman–Crippen LogP) is 2.88. The van der Waals surface area contributed by atoms with Gasteiger partial charge in [-0.25, -0.2) is 8.78 Å². The first-order chi connectivity index (χ1) is 9.44. The molecular formula is C15H20F2N2O. The second kappa shape index (κ2) is 6.31. The molecule has 1 heterocycles. The number of benzene rings is 1. The highest BCUT2D eigenvalue weighted by molar-refractivity contribution is 5.92. The van der Waals surface area contributed by atoms with E-state index in [2.05, 4.69) is 24.1 Å². The molecule has 0 bridgehead atoms. The van der Waals surface area contributed by atoms with Gasteiger partial charge in [-0.1, -0.05) is 13.8 Å².